The van der Waals surface area contributed by atoms with Crippen LogP contribution in [-0.2, 0) is 0 Å². The molecular formula is C17H33NO. The first kappa shape index (κ1) is 15.3. The van der Waals surface area contributed by atoms with Gasteiger partial charge in [-0.05, 0) is 50.6 Å². The van der Waals surface area contributed by atoms with Crippen molar-refractivity contribution in [1.29, 1.82) is 0 Å². The van der Waals surface area contributed by atoms with Crippen molar-refractivity contribution >= 4 is 0 Å². The molecule has 2 nitrogen and oxygen atoms in total. The minimum absolute atomic E-state index is 0.0994. The molecule has 2 rings (SSSR count). The van der Waals surface area contributed by atoms with Crippen LogP contribution in [0.5, 0.6) is 0 Å². The molecular weight excluding hydrogens is 234 g/mol. The van der Waals surface area contributed by atoms with Crippen molar-refractivity contribution in [2.24, 2.45) is 11.8 Å². The second-order valence-corrected chi connectivity index (χ2v) is 6.96. The molecule has 0 aliphatic heterocycles. The summed E-state index contributed by atoms with van der Waals surface area (Å²) in [6, 6.07) is 0. The fraction of sp³-hybridized carbons (Fsp3) is 1.00. The molecule has 19 heavy (non-hydrogen) atoms. The van der Waals surface area contributed by atoms with E-state index in [0.29, 0.717) is 5.92 Å². The highest BCUT2D eigenvalue weighted by molar-refractivity contribution is 5.02. The fourth-order valence-electron chi connectivity index (χ4n) is 4.85. The van der Waals surface area contributed by atoms with Crippen molar-refractivity contribution in [3.05, 3.63) is 0 Å². The third-order valence-electron chi connectivity index (χ3n) is 5.84. The summed E-state index contributed by atoms with van der Waals surface area (Å²) in [7, 11) is 0. The summed E-state index contributed by atoms with van der Waals surface area (Å²) in [4.78, 5) is 2.56. The molecule has 2 aliphatic carbocycles. The molecule has 0 saturated heterocycles. The lowest BCUT2D eigenvalue weighted by molar-refractivity contribution is -0.0674. The zero-order chi connectivity index (χ0) is 13.9. The molecule has 0 heterocycles. The predicted molar refractivity (Wildman–Crippen MR) is 81.2 cm³/mol. The molecule has 2 fully saturated rings. The molecule has 0 bridgehead atoms. The third kappa shape index (κ3) is 3.00. The van der Waals surface area contributed by atoms with Crippen LogP contribution in [0.25, 0.3) is 0 Å². The van der Waals surface area contributed by atoms with Crippen molar-refractivity contribution < 1.29 is 5.11 Å². The zero-order valence-corrected chi connectivity index (χ0v) is 13.2. The SMILES string of the molecule is CCN(CC)C1(C(O)C2CCCC(C)C2)CCCC1. The maximum absolute atomic E-state index is 11.1. The van der Waals surface area contributed by atoms with Crippen LogP contribution in [0.4, 0.5) is 0 Å². The zero-order valence-electron chi connectivity index (χ0n) is 13.2. The molecule has 3 atom stereocenters. The Balaban J connectivity index is 2.13. The van der Waals surface area contributed by atoms with E-state index >= 15 is 0 Å². The molecule has 0 spiro atoms. The van der Waals surface area contributed by atoms with Gasteiger partial charge in [0.15, 0.2) is 0 Å². The van der Waals surface area contributed by atoms with Crippen molar-refractivity contribution in [1.82, 2.24) is 4.90 Å². The molecule has 3 unspecified atom stereocenters. The first-order chi connectivity index (χ1) is 9.14. The Morgan fingerprint density at radius 1 is 1.11 bits per heavy atom. The van der Waals surface area contributed by atoms with Gasteiger partial charge in [-0.25, -0.2) is 0 Å². The Morgan fingerprint density at radius 2 is 1.74 bits per heavy atom. The van der Waals surface area contributed by atoms with Crippen LogP contribution in [0.2, 0.25) is 0 Å². The smallest absolute Gasteiger partial charge is 0.0752 e. The van der Waals surface area contributed by atoms with E-state index in [1.54, 1.807) is 0 Å². The third-order valence-corrected chi connectivity index (χ3v) is 5.84. The molecule has 2 saturated carbocycles. The quantitative estimate of drug-likeness (QED) is 0.818. The van der Waals surface area contributed by atoms with Crippen LogP contribution in [0, 0.1) is 11.8 Å². The van der Waals surface area contributed by atoms with E-state index in [1.165, 1.54) is 51.4 Å². The Hall–Kier alpha value is -0.0800. The van der Waals surface area contributed by atoms with E-state index in [2.05, 4.69) is 25.7 Å². The lowest BCUT2D eigenvalue weighted by atomic mass is 9.72. The summed E-state index contributed by atoms with van der Waals surface area (Å²) in [5.74, 6) is 1.35. The van der Waals surface area contributed by atoms with E-state index in [4.69, 9.17) is 0 Å². The predicted octanol–water partition coefficient (Wildman–Crippen LogP) is 3.83. The van der Waals surface area contributed by atoms with Crippen LogP contribution in [0.3, 0.4) is 0 Å². The van der Waals surface area contributed by atoms with Gasteiger partial charge in [0.05, 0.1) is 6.10 Å². The highest BCUT2D eigenvalue weighted by Crippen LogP contribution is 2.44. The summed E-state index contributed by atoms with van der Waals surface area (Å²) < 4.78 is 0. The van der Waals surface area contributed by atoms with Crippen molar-refractivity contribution in [3.8, 4) is 0 Å². The molecule has 2 aliphatic rings. The lowest BCUT2D eigenvalue weighted by Gasteiger charge is -2.48. The number of hydrogen-bond acceptors (Lipinski definition) is 2. The second kappa shape index (κ2) is 6.58. The Bertz CT molecular complexity index is 268. The molecule has 0 radical (unpaired) electrons. The highest BCUT2D eigenvalue weighted by atomic mass is 16.3. The lowest BCUT2D eigenvalue weighted by Crippen LogP contribution is -2.57. The molecule has 2 heteroatoms. The summed E-state index contributed by atoms with van der Waals surface area (Å²) in [6.45, 7) is 9.02. The topological polar surface area (TPSA) is 23.5 Å². The van der Waals surface area contributed by atoms with Crippen LogP contribution in [0.15, 0.2) is 0 Å². The number of aliphatic hydroxyl groups is 1. The molecule has 0 amide bonds. The van der Waals surface area contributed by atoms with Crippen molar-refractivity contribution in [2.75, 3.05) is 13.1 Å². The van der Waals surface area contributed by atoms with Crippen molar-refractivity contribution in [2.45, 2.75) is 83.8 Å². The van der Waals surface area contributed by atoms with Crippen LogP contribution in [-0.4, -0.2) is 34.7 Å². The van der Waals surface area contributed by atoms with Gasteiger partial charge in [0, 0.05) is 5.54 Å². The van der Waals surface area contributed by atoms with Crippen LogP contribution < -0.4 is 0 Å². The molecule has 1 N–H and O–H groups in total. The number of hydrogen-bond donors (Lipinski definition) is 1. The summed E-state index contributed by atoms with van der Waals surface area (Å²) in [5, 5.41) is 11.1. The standard InChI is InChI=1S/C17H33NO/c1-4-18(5-2)17(11-6-7-12-17)16(19)15-10-8-9-14(3)13-15/h14-16,19H,4-13H2,1-3H3. The highest BCUT2D eigenvalue weighted by Gasteiger charge is 2.47. The van der Waals surface area contributed by atoms with Gasteiger partial charge in [-0.2, -0.15) is 0 Å². The van der Waals surface area contributed by atoms with E-state index in [9.17, 15) is 5.11 Å². The minimum atomic E-state index is -0.0994. The largest absolute Gasteiger partial charge is 0.391 e. The van der Waals surface area contributed by atoms with Gasteiger partial charge in [-0.15, -0.1) is 0 Å². The van der Waals surface area contributed by atoms with E-state index in [0.717, 1.165) is 19.0 Å². The van der Waals surface area contributed by atoms with Crippen molar-refractivity contribution in [3.63, 3.8) is 0 Å². The molecule has 0 aromatic rings. The molecule has 0 aromatic heterocycles. The summed E-state index contributed by atoms with van der Waals surface area (Å²) in [5.41, 5.74) is 0.102. The number of rotatable bonds is 5. The van der Waals surface area contributed by atoms with Gasteiger partial charge in [0.25, 0.3) is 0 Å². The average molecular weight is 267 g/mol. The second-order valence-electron chi connectivity index (χ2n) is 6.96. The maximum Gasteiger partial charge on any atom is 0.0752 e. The van der Waals surface area contributed by atoms with E-state index in [-0.39, 0.29) is 11.6 Å². The molecule has 0 aromatic carbocycles. The van der Waals surface area contributed by atoms with Crippen LogP contribution >= 0.6 is 0 Å². The number of nitrogens with zero attached hydrogens (tertiary/aromatic N) is 1. The van der Waals surface area contributed by atoms with Gasteiger partial charge in [-0.1, -0.05) is 46.5 Å². The first-order valence-electron chi connectivity index (χ1n) is 8.57. The van der Waals surface area contributed by atoms with Crippen LogP contribution in [0.1, 0.15) is 72.1 Å². The Labute approximate surface area is 119 Å². The maximum atomic E-state index is 11.1. The van der Waals surface area contributed by atoms with Gasteiger partial charge < -0.3 is 5.11 Å². The van der Waals surface area contributed by atoms with E-state index in [1.807, 2.05) is 0 Å². The summed E-state index contributed by atoms with van der Waals surface area (Å²) >= 11 is 0. The monoisotopic (exact) mass is 267 g/mol. The summed E-state index contributed by atoms with van der Waals surface area (Å²) in [6.07, 6.45) is 10.1. The van der Waals surface area contributed by atoms with Gasteiger partial charge in [-0.3, -0.25) is 4.90 Å². The first-order valence-corrected chi connectivity index (χ1v) is 8.57. The van der Waals surface area contributed by atoms with E-state index < -0.39 is 0 Å². The Morgan fingerprint density at radius 3 is 2.26 bits per heavy atom. The minimum Gasteiger partial charge on any atom is -0.391 e. The van der Waals surface area contributed by atoms with Gasteiger partial charge in [0.1, 0.15) is 0 Å². The normalized spacial score (nSPS) is 32.7. The van der Waals surface area contributed by atoms with Gasteiger partial charge in [0.2, 0.25) is 0 Å². The van der Waals surface area contributed by atoms with Gasteiger partial charge >= 0.3 is 0 Å². The fourth-order valence-corrected chi connectivity index (χ4v) is 4.85. The number of aliphatic hydroxyl groups excluding tert-OH is 1. The Kier molecular flexibility index (Phi) is 5.30. The average Bonchev–Trinajstić information content (AvgIpc) is 2.90. The molecule has 112 valence electrons. The number of likely N-dealkylation sites (N-methyl/N-ethyl adjacent to an activating group) is 1.